The summed E-state index contributed by atoms with van der Waals surface area (Å²) < 4.78 is 0. The van der Waals surface area contributed by atoms with Gasteiger partial charge in [-0.1, -0.05) is 22.0 Å². The molecule has 48 valence electrons. The summed E-state index contributed by atoms with van der Waals surface area (Å²) in [6.07, 6.45) is 3.01. The highest BCUT2D eigenvalue weighted by molar-refractivity contribution is 9.09. The summed E-state index contributed by atoms with van der Waals surface area (Å²) in [5.41, 5.74) is 1.27. The molecule has 0 atom stereocenters. The van der Waals surface area contributed by atoms with Crippen LogP contribution < -0.4 is 4.98 Å². The fraction of sp³-hybridized carbons (Fsp3) is 0.286. The summed E-state index contributed by atoms with van der Waals surface area (Å²) in [5, 5.41) is 1.02. The zero-order valence-corrected chi connectivity index (χ0v) is 6.69. The molecule has 0 spiro atoms. The zero-order chi connectivity index (χ0) is 6.53. The smallest absolute Gasteiger partial charge is 0.180 e. The van der Waals surface area contributed by atoms with Gasteiger partial charge in [0.25, 0.3) is 0 Å². The van der Waals surface area contributed by atoms with Gasteiger partial charge in [-0.15, -0.1) is 0 Å². The third-order valence-corrected chi connectivity index (χ3v) is 1.53. The first-order chi connectivity index (χ1) is 4.43. The van der Waals surface area contributed by atoms with Gasteiger partial charge in [-0.05, 0) is 0 Å². The third kappa shape index (κ3) is 2.14. The van der Waals surface area contributed by atoms with Gasteiger partial charge in [-0.2, -0.15) is 0 Å². The molecule has 9 heavy (non-hydrogen) atoms. The molecule has 0 amide bonds. The highest BCUT2D eigenvalue weighted by Gasteiger charge is 1.94. The lowest BCUT2D eigenvalue weighted by Crippen LogP contribution is -2.08. The molecule has 1 aromatic heterocycles. The molecular weight excluding hydrogens is 178 g/mol. The van der Waals surface area contributed by atoms with E-state index in [1.165, 1.54) is 5.69 Å². The van der Waals surface area contributed by atoms with Gasteiger partial charge in [-0.25, -0.2) is 4.98 Å². The van der Waals surface area contributed by atoms with Crippen molar-refractivity contribution in [2.24, 2.45) is 0 Å². The lowest BCUT2D eigenvalue weighted by molar-refractivity contribution is -0.389. The molecule has 0 fully saturated rings. The molecule has 0 aliphatic heterocycles. The number of halogens is 1. The van der Waals surface area contributed by atoms with Gasteiger partial charge < -0.3 is 0 Å². The lowest BCUT2D eigenvalue weighted by Gasteiger charge is -1.85. The van der Waals surface area contributed by atoms with Crippen LogP contribution in [-0.2, 0) is 6.42 Å². The van der Waals surface area contributed by atoms with E-state index >= 15 is 0 Å². The van der Waals surface area contributed by atoms with Crippen molar-refractivity contribution in [3.05, 3.63) is 30.1 Å². The van der Waals surface area contributed by atoms with Crippen LogP contribution in [0.15, 0.2) is 24.4 Å². The SMILES string of the molecule is BrCCc1cccc[nH+]1. The van der Waals surface area contributed by atoms with Gasteiger partial charge in [0.15, 0.2) is 11.9 Å². The van der Waals surface area contributed by atoms with Crippen LogP contribution in [0.5, 0.6) is 0 Å². The van der Waals surface area contributed by atoms with E-state index in [9.17, 15) is 0 Å². The molecule has 1 aromatic rings. The van der Waals surface area contributed by atoms with E-state index in [1.54, 1.807) is 0 Å². The van der Waals surface area contributed by atoms with E-state index in [0.717, 1.165) is 11.8 Å². The van der Waals surface area contributed by atoms with Crippen molar-refractivity contribution in [2.45, 2.75) is 6.42 Å². The maximum atomic E-state index is 3.37. The van der Waals surface area contributed by atoms with E-state index in [4.69, 9.17) is 0 Å². The molecule has 0 saturated carbocycles. The molecular formula is C7H9BrN+. The summed E-state index contributed by atoms with van der Waals surface area (Å²) in [6, 6.07) is 6.10. The molecule has 0 aliphatic carbocycles. The number of hydrogen-bond donors (Lipinski definition) is 0. The first kappa shape index (κ1) is 6.75. The number of rotatable bonds is 2. The molecule has 0 radical (unpaired) electrons. The van der Waals surface area contributed by atoms with Gasteiger partial charge in [0.1, 0.15) is 0 Å². The Balaban J connectivity index is 2.61. The minimum atomic E-state index is 1.02. The van der Waals surface area contributed by atoms with Crippen molar-refractivity contribution in [3.63, 3.8) is 0 Å². The minimum Gasteiger partial charge on any atom is -0.215 e. The second-order valence-electron chi connectivity index (χ2n) is 1.83. The molecule has 1 rings (SSSR count). The summed E-state index contributed by atoms with van der Waals surface area (Å²) in [5.74, 6) is 0. The number of aromatic nitrogens is 1. The summed E-state index contributed by atoms with van der Waals surface area (Å²) in [6.45, 7) is 0. The topological polar surface area (TPSA) is 14.1 Å². The van der Waals surface area contributed by atoms with Crippen LogP contribution in [0.3, 0.4) is 0 Å². The largest absolute Gasteiger partial charge is 0.215 e. The number of H-pyrrole nitrogens is 1. The average Bonchev–Trinajstić information content (AvgIpc) is 1.91. The molecule has 1 nitrogen and oxygen atoms in total. The Kier molecular flexibility index (Phi) is 2.71. The van der Waals surface area contributed by atoms with Crippen molar-refractivity contribution >= 4 is 15.9 Å². The molecule has 2 heteroatoms. The fourth-order valence-electron chi connectivity index (χ4n) is 0.688. The van der Waals surface area contributed by atoms with Crippen LogP contribution in [0.25, 0.3) is 0 Å². The fourth-order valence-corrected chi connectivity index (χ4v) is 1.11. The van der Waals surface area contributed by atoms with Crippen LogP contribution in [0.4, 0.5) is 0 Å². The van der Waals surface area contributed by atoms with Gasteiger partial charge in [0.2, 0.25) is 0 Å². The van der Waals surface area contributed by atoms with Crippen molar-refractivity contribution in [2.75, 3.05) is 5.33 Å². The van der Waals surface area contributed by atoms with E-state index in [1.807, 2.05) is 18.3 Å². The molecule has 0 unspecified atom stereocenters. The molecule has 0 saturated heterocycles. The van der Waals surface area contributed by atoms with E-state index in [2.05, 4.69) is 27.0 Å². The van der Waals surface area contributed by atoms with Crippen LogP contribution in [-0.4, -0.2) is 5.33 Å². The first-order valence-corrected chi connectivity index (χ1v) is 4.07. The van der Waals surface area contributed by atoms with Crippen molar-refractivity contribution in [1.29, 1.82) is 0 Å². The summed E-state index contributed by atoms with van der Waals surface area (Å²) >= 11 is 3.37. The number of aromatic amines is 1. The molecule has 1 N–H and O–H groups in total. The monoisotopic (exact) mass is 186 g/mol. The van der Waals surface area contributed by atoms with E-state index < -0.39 is 0 Å². The Morgan fingerprint density at radius 3 is 2.89 bits per heavy atom. The quantitative estimate of drug-likeness (QED) is 0.622. The number of pyridine rings is 1. The molecule has 1 heterocycles. The minimum absolute atomic E-state index is 1.02. The maximum Gasteiger partial charge on any atom is 0.180 e. The first-order valence-electron chi connectivity index (χ1n) is 2.95. The van der Waals surface area contributed by atoms with Crippen LogP contribution in [0.1, 0.15) is 5.69 Å². The number of alkyl halides is 1. The van der Waals surface area contributed by atoms with Gasteiger partial charge in [0, 0.05) is 23.9 Å². The standard InChI is InChI=1S/C7H8BrN/c8-5-4-7-3-1-2-6-9-7/h1-3,6H,4-5H2/p+1. The predicted molar refractivity (Wildman–Crippen MR) is 40.5 cm³/mol. The Bertz CT molecular complexity index is 162. The Morgan fingerprint density at radius 2 is 2.33 bits per heavy atom. The average molecular weight is 187 g/mol. The molecule has 0 aromatic carbocycles. The maximum absolute atomic E-state index is 3.37. The molecule has 0 bridgehead atoms. The van der Waals surface area contributed by atoms with Crippen molar-refractivity contribution < 1.29 is 4.98 Å². The normalized spacial score (nSPS) is 9.44. The van der Waals surface area contributed by atoms with Crippen LogP contribution >= 0.6 is 15.9 Å². The van der Waals surface area contributed by atoms with Crippen LogP contribution in [0.2, 0.25) is 0 Å². The summed E-state index contributed by atoms with van der Waals surface area (Å²) in [7, 11) is 0. The Labute approximate surface area is 63.2 Å². The third-order valence-electron chi connectivity index (χ3n) is 1.14. The van der Waals surface area contributed by atoms with Crippen molar-refractivity contribution in [3.8, 4) is 0 Å². The number of nitrogens with one attached hydrogen (secondary N) is 1. The van der Waals surface area contributed by atoms with Gasteiger partial charge >= 0.3 is 0 Å². The van der Waals surface area contributed by atoms with Gasteiger partial charge in [-0.3, -0.25) is 0 Å². The Morgan fingerprint density at radius 1 is 1.44 bits per heavy atom. The van der Waals surface area contributed by atoms with Crippen LogP contribution in [0, 0.1) is 0 Å². The predicted octanol–water partition coefficient (Wildman–Crippen LogP) is 1.44. The van der Waals surface area contributed by atoms with Gasteiger partial charge in [0.05, 0.1) is 0 Å². The van der Waals surface area contributed by atoms with E-state index in [-0.39, 0.29) is 0 Å². The zero-order valence-electron chi connectivity index (χ0n) is 5.10. The highest BCUT2D eigenvalue weighted by Crippen LogP contribution is 1.92. The second-order valence-corrected chi connectivity index (χ2v) is 2.62. The molecule has 0 aliphatic rings. The highest BCUT2D eigenvalue weighted by atomic mass is 79.9. The van der Waals surface area contributed by atoms with E-state index in [0.29, 0.717) is 0 Å². The number of hydrogen-bond acceptors (Lipinski definition) is 0. The Hall–Kier alpha value is -0.370. The van der Waals surface area contributed by atoms with Crippen molar-refractivity contribution in [1.82, 2.24) is 0 Å². The second kappa shape index (κ2) is 3.62. The lowest BCUT2D eigenvalue weighted by atomic mass is 10.3. The summed E-state index contributed by atoms with van der Waals surface area (Å²) in [4.78, 5) is 3.14. The number of aryl methyl sites for hydroxylation is 1.